The van der Waals surface area contributed by atoms with Gasteiger partial charge in [-0.15, -0.1) is 0 Å². The third-order valence-electron chi connectivity index (χ3n) is 5.65. The minimum absolute atomic E-state index is 0.125. The summed E-state index contributed by atoms with van der Waals surface area (Å²) in [6.45, 7) is 3.63. The molecule has 0 aliphatic heterocycles. The molecule has 0 aliphatic rings. The van der Waals surface area contributed by atoms with Crippen LogP contribution < -0.4 is 11.5 Å². The second-order valence-electron chi connectivity index (χ2n) is 9.29. The molecule has 0 amide bonds. The van der Waals surface area contributed by atoms with E-state index in [0.29, 0.717) is 12.8 Å². The molecule has 7 N–H and O–H groups in total. The van der Waals surface area contributed by atoms with Gasteiger partial charge in [-0.1, -0.05) is 92.2 Å². The Balaban J connectivity index is 3.66. The predicted molar refractivity (Wildman–Crippen MR) is 151 cm³/mol. The molecule has 0 aromatic carbocycles. The summed E-state index contributed by atoms with van der Waals surface area (Å²) in [5, 5.41) is 29.2. The summed E-state index contributed by atoms with van der Waals surface area (Å²) in [6, 6.07) is -0.369. The second-order valence-corrected chi connectivity index (χ2v) is 9.29. The van der Waals surface area contributed by atoms with Crippen LogP contribution in [0.5, 0.6) is 0 Å². The van der Waals surface area contributed by atoms with Crippen LogP contribution in [0.4, 0.5) is 0 Å². The van der Waals surface area contributed by atoms with Crippen molar-refractivity contribution in [3.8, 4) is 0 Å². The molecule has 5 nitrogen and oxygen atoms in total. The van der Waals surface area contributed by atoms with Crippen LogP contribution in [-0.2, 0) is 0 Å². The van der Waals surface area contributed by atoms with Crippen molar-refractivity contribution in [3.05, 3.63) is 72.9 Å². The quantitative estimate of drug-likeness (QED) is 0.0844. The van der Waals surface area contributed by atoms with E-state index in [1.165, 1.54) is 12.8 Å². The topological polar surface area (TPSA) is 113 Å². The normalized spacial score (nSPS) is 17.6. The monoisotopic (exact) mass is 488 g/mol. The minimum atomic E-state index is -0.535. The number of aliphatic hydroxyl groups is 3. The lowest BCUT2D eigenvalue weighted by Crippen LogP contribution is -2.31. The van der Waals surface area contributed by atoms with Gasteiger partial charge in [-0.25, -0.2) is 0 Å². The number of aliphatic hydroxyl groups excluding tert-OH is 3. The van der Waals surface area contributed by atoms with E-state index in [0.717, 1.165) is 44.9 Å². The number of allylic oxidation sites excluding steroid dienone is 9. The Morgan fingerprint density at radius 1 is 0.571 bits per heavy atom. The smallest absolute Gasteiger partial charge is 0.0758 e. The van der Waals surface area contributed by atoms with E-state index >= 15 is 0 Å². The summed E-state index contributed by atoms with van der Waals surface area (Å²) in [6.07, 6.45) is 33.5. The first-order chi connectivity index (χ1) is 16.8. The predicted octanol–water partition coefficient (Wildman–Crippen LogP) is 5.39. The summed E-state index contributed by atoms with van der Waals surface area (Å²) in [7, 11) is 0. The molecule has 0 radical (unpaired) electrons. The molecule has 0 bridgehead atoms. The van der Waals surface area contributed by atoms with Crippen LogP contribution in [0.2, 0.25) is 0 Å². The molecule has 5 atom stereocenters. The number of unbranched alkanes of at least 4 members (excludes halogenated alkanes) is 4. The Kier molecular flexibility index (Phi) is 22.8. The lowest BCUT2D eigenvalue weighted by atomic mass is 10.0. The first-order valence-electron chi connectivity index (χ1n) is 13.3. The van der Waals surface area contributed by atoms with Crippen LogP contribution in [0.25, 0.3) is 0 Å². The molecule has 0 aromatic rings. The van der Waals surface area contributed by atoms with Crippen molar-refractivity contribution in [2.24, 2.45) is 11.5 Å². The average Bonchev–Trinajstić information content (AvgIpc) is 2.82. The van der Waals surface area contributed by atoms with Gasteiger partial charge in [0.1, 0.15) is 0 Å². The summed E-state index contributed by atoms with van der Waals surface area (Å²) < 4.78 is 0. The minimum Gasteiger partial charge on any atom is -0.392 e. The van der Waals surface area contributed by atoms with Gasteiger partial charge in [0.2, 0.25) is 0 Å². The zero-order valence-corrected chi connectivity index (χ0v) is 22.1. The van der Waals surface area contributed by atoms with Crippen molar-refractivity contribution < 1.29 is 15.3 Å². The molecular weight excluding hydrogens is 436 g/mol. The number of rotatable bonds is 21. The van der Waals surface area contributed by atoms with Gasteiger partial charge in [-0.3, -0.25) is 0 Å². The summed E-state index contributed by atoms with van der Waals surface area (Å²) in [4.78, 5) is 0. The van der Waals surface area contributed by atoms with E-state index in [9.17, 15) is 15.3 Å². The number of hydrogen-bond donors (Lipinski definition) is 5. The van der Waals surface area contributed by atoms with Crippen molar-refractivity contribution in [1.29, 1.82) is 0 Å². The largest absolute Gasteiger partial charge is 0.392 e. The molecule has 0 fully saturated rings. The summed E-state index contributed by atoms with van der Waals surface area (Å²) in [5.74, 6) is 0. The van der Waals surface area contributed by atoms with Crippen molar-refractivity contribution >= 4 is 0 Å². The molecule has 0 saturated heterocycles. The second kappa shape index (κ2) is 24.0. The molecule has 200 valence electrons. The first kappa shape index (κ1) is 33.2. The Morgan fingerprint density at radius 2 is 1.11 bits per heavy atom. The van der Waals surface area contributed by atoms with Crippen molar-refractivity contribution in [1.82, 2.24) is 0 Å². The highest BCUT2D eigenvalue weighted by Crippen LogP contribution is 2.09. The molecule has 5 heteroatoms. The highest BCUT2D eigenvalue weighted by atomic mass is 16.3. The average molecular weight is 489 g/mol. The van der Waals surface area contributed by atoms with Gasteiger partial charge in [0.05, 0.1) is 18.3 Å². The zero-order valence-electron chi connectivity index (χ0n) is 22.1. The number of hydrogen-bond acceptors (Lipinski definition) is 5. The fourth-order valence-electron chi connectivity index (χ4n) is 3.18. The summed E-state index contributed by atoms with van der Waals surface area (Å²) in [5.41, 5.74) is 11.3. The number of nitrogens with two attached hydrogens (primary N) is 2. The van der Waals surface area contributed by atoms with E-state index in [4.69, 9.17) is 11.5 Å². The van der Waals surface area contributed by atoms with Crippen LogP contribution in [0, 0.1) is 0 Å². The molecule has 35 heavy (non-hydrogen) atoms. The van der Waals surface area contributed by atoms with Gasteiger partial charge < -0.3 is 26.8 Å². The standard InChI is InChI=1S/C30H52N2O3/c1-26(31)29(34)24-19-17-15-13-11-9-7-5-3-4-6-8-10-12-14-16-18-22-28(33)23-20-21-25-30(35)27(2)32/h3-4,7-10,14,16,18,20-22,26-30,33-35H,5-6,11-13,15,17,19,23-25,31-32H2,1-2H3/b4-3-,9-7-,10-8-,16-14-,21-20-,22-18+/t26-,27-,28?,29?,30?/m0/s1. The molecule has 0 aromatic heterocycles. The van der Waals surface area contributed by atoms with Crippen LogP contribution in [0.15, 0.2) is 72.9 Å². The van der Waals surface area contributed by atoms with Crippen molar-refractivity contribution in [3.63, 3.8) is 0 Å². The molecule has 0 rings (SSSR count). The fourth-order valence-corrected chi connectivity index (χ4v) is 3.18. The van der Waals surface area contributed by atoms with Crippen molar-refractivity contribution in [2.45, 2.75) is 115 Å². The Bertz CT molecular complexity index is 648. The van der Waals surface area contributed by atoms with E-state index in [1.807, 2.05) is 31.2 Å². The van der Waals surface area contributed by atoms with Gasteiger partial charge in [-0.05, 0) is 65.2 Å². The fraction of sp³-hybridized carbons (Fsp3) is 0.600. The Labute approximate surface area is 214 Å². The zero-order chi connectivity index (χ0) is 26.2. The van der Waals surface area contributed by atoms with E-state index in [1.54, 1.807) is 13.0 Å². The Morgan fingerprint density at radius 3 is 1.74 bits per heavy atom. The third kappa shape index (κ3) is 23.7. The van der Waals surface area contributed by atoms with E-state index in [-0.39, 0.29) is 18.2 Å². The molecular formula is C30H52N2O3. The Hall–Kier alpha value is -1.76. The van der Waals surface area contributed by atoms with Crippen LogP contribution in [0.1, 0.15) is 84.5 Å². The maximum Gasteiger partial charge on any atom is 0.0758 e. The van der Waals surface area contributed by atoms with Gasteiger partial charge in [0.15, 0.2) is 0 Å². The van der Waals surface area contributed by atoms with Crippen LogP contribution in [0.3, 0.4) is 0 Å². The third-order valence-corrected chi connectivity index (χ3v) is 5.65. The van der Waals surface area contributed by atoms with Crippen molar-refractivity contribution in [2.75, 3.05) is 0 Å². The maximum atomic E-state index is 9.89. The molecule has 0 saturated carbocycles. The molecule has 0 spiro atoms. The lowest BCUT2D eigenvalue weighted by molar-refractivity contribution is 0.138. The molecule has 0 aliphatic carbocycles. The van der Waals surface area contributed by atoms with Gasteiger partial charge in [0, 0.05) is 12.1 Å². The van der Waals surface area contributed by atoms with E-state index < -0.39 is 12.2 Å². The first-order valence-corrected chi connectivity index (χ1v) is 13.3. The van der Waals surface area contributed by atoms with E-state index in [2.05, 4.69) is 42.5 Å². The van der Waals surface area contributed by atoms with Crippen LogP contribution >= 0.6 is 0 Å². The maximum absolute atomic E-state index is 9.89. The summed E-state index contributed by atoms with van der Waals surface area (Å²) >= 11 is 0. The van der Waals surface area contributed by atoms with Gasteiger partial charge >= 0.3 is 0 Å². The van der Waals surface area contributed by atoms with Crippen LogP contribution in [-0.4, -0.2) is 45.7 Å². The SMILES string of the molecule is C[C@H](N)C(O)C/C=C\CC(O)/C=C/C=C\C/C=C\C/C=C\C/C=C\CCCCCCC(O)[C@H](C)N. The molecule has 0 heterocycles. The highest BCUT2D eigenvalue weighted by molar-refractivity contribution is 5.08. The van der Waals surface area contributed by atoms with Gasteiger partial charge in [-0.2, -0.15) is 0 Å². The highest BCUT2D eigenvalue weighted by Gasteiger charge is 2.08. The molecule has 3 unspecified atom stereocenters. The lowest BCUT2D eigenvalue weighted by Gasteiger charge is -2.13. The van der Waals surface area contributed by atoms with Gasteiger partial charge in [0.25, 0.3) is 0 Å².